The standard InChI is InChI=1S/2CF3O2S.Ag.N3/c2*2-1(3,4)7(5)6;;1-3-2/q;;+1;-1. The van der Waals surface area contributed by atoms with Gasteiger partial charge in [-0.1, -0.05) is 0 Å². The third kappa shape index (κ3) is 3.10. The van der Waals surface area contributed by atoms with E-state index in [1.54, 1.807) is 3.52 Å². The molecule has 0 saturated carbocycles. The van der Waals surface area contributed by atoms with Crippen LogP contribution in [0.15, 0.2) is 3.52 Å². The quantitative estimate of drug-likeness (QED) is 0.228. The Labute approximate surface area is 98.8 Å². The van der Waals surface area contributed by atoms with Gasteiger partial charge < -0.3 is 0 Å². The van der Waals surface area contributed by atoms with Crippen LogP contribution in [0.1, 0.15) is 0 Å². The molecule has 0 fully saturated rings. The summed E-state index contributed by atoms with van der Waals surface area (Å²) in [6, 6.07) is 0. The predicted octanol–water partition coefficient (Wildman–Crippen LogP) is 1.53. The molecule has 0 aromatic heterocycles. The van der Waals surface area contributed by atoms with E-state index in [1.807, 2.05) is 0 Å². The van der Waals surface area contributed by atoms with Gasteiger partial charge in [-0.2, -0.15) is 0 Å². The summed E-state index contributed by atoms with van der Waals surface area (Å²) < 4.78 is 116. The molecule has 0 unspecified atom stereocenters. The molecule has 16 heteroatoms. The summed E-state index contributed by atoms with van der Waals surface area (Å²) in [4.78, 5) is 1.41. The maximum absolute atomic E-state index is 11.9. The molecule has 0 aliphatic carbocycles. The van der Waals surface area contributed by atoms with Gasteiger partial charge in [0, 0.05) is 0 Å². The molecule has 0 aliphatic rings. The molecule has 0 aliphatic heterocycles. The van der Waals surface area contributed by atoms with Gasteiger partial charge in [-0.3, -0.25) is 0 Å². The Hall–Kier alpha value is -0.470. The van der Waals surface area contributed by atoms with Gasteiger partial charge in [-0.15, -0.1) is 0 Å². The summed E-state index contributed by atoms with van der Waals surface area (Å²) in [5.41, 5.74) is -4.85. The molecule has 0 saturated heterocycles. The molecule has 0 aromatic rings. The van der Waals surface area contributed by atoms with Crippen LogP contribution in [0.5, 0.6) is 0 Å². The van der Waals surface area contributed by atoms with Gasteiger partial charge in [0.05, 0.1) is 0 Å². The summed E-state index contributed by atoms with van der Waals surface area (Å²) in [5.74, 6) is 0. The van der Waals surface area contributed by atoms with Crippen molar-refractivity contribution in [1.82, 2.24) is 0 Å². The number of nitrogens with zero attached hydrogens (tertiary/aromatic N) is 3. The molecular weight excluding hydrogens is 416 g/mol. The van der Waals surface area contributed by atoms with Crippen LogP contribution in [0, 0.1) is 0 Å². The first-order valence-electron chi connectivity index (χ1n) is 2.99. The van der Waals surface area contributed by atoms with E-state index in [9.17, 15) is 43.2 Å². The Kier molecular flexibility index (Phi) is 4.77. The van der Waals surface area contributed by atoms with Gasteiger partial charge in [-0.25, -0.2) is 0 Å². The molecule has 7 nitrogen and oxygen atoms in total. The summed E-state index contributed by atoms with van der Waals surface area (Å²) in [6.45, 7) is 0. The van der Waals surface area contributed by atoms with Crippen LogP contribution in [0.25, 0.3) is 10.4 Å². The predicted molar refractivity (Wildman–Crippen MR) is 39.1 cm³/mol. The Morgan fingerprint density at radius 2 is 1.17 bits per heavy atom. The Bertz CT molecular complexity index is 525. The van der Waals surface area contributed by atoms with Crippen molar-refractivity contribution in [1.29, 1.82) is 0 Å². The van der Waals surface area contributed by atoms with E-state index < -0.39 is 41.7 Å². The fraction of sp³-hybridized carbons (Fsp3) is 1.00. The van der Waals surface area contributed by atoms with Crippen LogP contribution in [-0.4, -0.2) is 27.9 Å². The van der Waals surface area contributed by atoms with E-state index in [2.05, 4.69) is 0 Å². The van der Waals surface area contributed by atoms with Crippen LogP contribution >= 0.6 is 0 Å². The average molecular weight is 416 g/mol. The molecule has 0 heterocycles. The fourth-order valence-electron chi connectivity index (χ4n) is 0.293. The fourth-order valence-corrected chi connectivity index (χ4v) is 10.3. The van der Waals surface area contributed by atoms with Crippen LogP contribution < -0.4 is 0 Å². The zero-order chi connectivity index (χ0) is 15.0. The van der Waals surface area contributed by atoms with E-state index in [1.165, 1.54) is 4.91 Å². The van der Waals surface area contributed by atoms with E-state index >= 15 is 0 Å². The molecule has 112 valence electrons. The van der Waals surface area contributed by atoms with Gasteiger partial charge in [0.25, 0.3) is 0 Å². The first-order chi connectivity index (χ1) is 7.69. The molecule has 0 atom stereocenters. The second kappa shape index (κ2) is 4.90. The van der Waals surface area contributed by atoms with Gasteiger partial charge >= 0.3 is 98.8 Å². The molecule has 0 rings (SSSR count). The molecule has 0 amide bonds. The van der Waals surface area contributed by atoms with Crippen molar-refractivity contribution in [3.63, 3.8) is 0 Å². The van der Waals surface area contributed by atoms with Gasteiger partial charge in [0.15, 0.2) is 0 Å². The van der Waals surface area contributed by atoms with Gasteiger partial charge in [0.2, 0.25) is 0 Å². The van der Waals surface area contributed by atoms with Crippen LogP contribution in [0.2, 0.25) is 0 Å². The first-order valence-corrected chi connectivity index (χ1v) is 9.93. The third-order valence-corrected chi connectivity index (χ3v) is 14.3. The number of hydrogen-bond acceptors (Lipinski definition) is 5. The molecule has 0 N–H and O–H groups in total. The summed E-state index contributed by atoms with van der Waals surface area (Å²) in [7, 11) is -13.5. The Morgan fingerprint density at radius 1 is 0.889 bits per heavy atom. The molecular formula is C2AgF6N3O4S2. The molecule has 18 heavy (non-hydrogen) atoms. The second-order valence-electron chi connectivity index (χ2n) is 2.00. The zero-order valence-electron chi connectivity index (χ0n) is 7.36. The summed E-state index contributed by atoms with van der Waals surface area (Å²) >= 11 is -5.58. The normalized spacial score (nSPS) is 14.9. The second-order valence-corrected chi connectivity index (χ2v) is 14.1. The maximum atomic E-state index is 11.9. The van der Waals surface area contributed by atoms with E-state index in [0.29, 0.717) is 0 Å². The van der Waals surface area contributed by atoms with Crippen LogP contribution in [0.3, 0.4) is 0 Å². The SMILES string of the molecule is [N-]=[N+]=[N][Ag]([S](=O)(=O)C(F)(F)F)[S](=O)(=O)C(F)(F)F. The summed E-state index contributed by atoms with van der Waals surface area (Å²) in [5, 5.41) is 0. The van der Waals surface area contributed by atoms with E-state index in [0.717, 1.165) is 0 Å². The van der Waals surface area contributed by atoms with Crippen molar-refractivity contribution < 1.29 is 59.2 Å². The minimum atomic E-state index is -6.77. The topological polar surface area (TPSA) is 117 Å². The van der Waals surface area contributed by atoms with Crippen molar-refractivity contribution in [2.45, 2.75) is 11.0 Å². The van der Waals surface area contributed by atoms with E-state index in [4.69, 9.17) is 5.53 Å². The number of hydrogen-bond donors (Lipinski definition) is 0. The summed E-state index contributed by atoms with van der Waals surface area (Å²) in [6.07, 6.45) is 0. The van der Waals surface area contributed by atoms with Crippen molar-refractivity contribution >= 4 is 14.6 Å². The first kappa shape index (κ1) is 17.5. The molecule has 0 radical (unpaired) electrons. The van der Waals surface area contributed by atoms with E-state index in [-0.39, 0.29) is 0 Å². The third-order valence-electron chi connectivity index (χ3n) is 0.871. The van der Waals surface area contributed by atoms with Crippen molar-refractivity contribution in [3.8, 4) is 0 Å². The number of azide groups is 1. The average Bonchev–Trinajstić information content (AvgIpc) is 2.09. The van der Waals surface area contributed by atoms with Crippen LogP contribution in [0.4, 0.5) is 26.3 Å². The molecule has 0 spiro atoms. The Morgan fingerprint density at radius 3 is 1.33 bits per heavy atom. The zero-order valence-corrected chi connectivity index (χ0v) is 10.5. The number of halogens is 6. The molecule has 0 bridgehead atoms. The monoisotopic (exact) mass is 415 g/mol. The van der Waals surface area contributed by atoms with Gasteiger partial charge in [0.1, 0.15) is 0 Å². The number of rotatable bonds is 3. The van der Waals surface area contributed by atoms with Crippen LogP contribution in [-0.2, 0) is 30.7 Å². The minimum absolute atomic E-state index is 1.41. The Balaban J connectivity index is 6.21. The van der Waals surface area contributed by atoms with Crippen molar-refractivity contribution in [2.75, 3.05) is 0 Å². The van der Waals surface area contributed by atoms with Crippen molar-refractivity contribution in [3.05, 3.63) is 10.4 Å². The molecule has 0 aromatic carbocycles. The van der Waals surface area contributed by atoms with Crippen molar-refractivity contribution in [2.24, 2.45) is 3.52 Å². The number of alkyl halides is 6. The van der Waals surface area contributed by atoms with Gasteiger partial charge in [-0.05, 0) is 0 Å².